The third kappa shape index (κ3) is 5.21. The fourth-order valence-electron chi connectivity index (χ4n) is 2.40. The van der Waals surface area contributed by atoms with Crippen LogP contribution in [0, 0.1) is 20.8 Å². The van der Waals surface area contributed by atoms with E-state index in [4.69, 9.17) is 4.74 Å². The van der Waals surface area contributed by atoms with Gasteiger partial charge in [-0.25, -0.2) is 0 Å². The fraction of sp³-hybridized carbons (Fsp3) is 0.625. The van der Waals surface area contributed by atoms with E-state index in [1.807, 2.05) is 0 Å². The second-order valence-electron chi connectivity index (χ2n) is 5.57. The number of aryl methyl sites for hydroxylation is 3. The Hall–Kier alpha value is -1.06. The number of benzene rings is 1. The molecular formula is C16H27NO2. The maximum absolute atomic E-state index is 9.30. The van der Waals surface area contributed by atoms with E-state index in [1.165, 1.54) is 16.7 Å². The number of aliphatic hydroxyl groups excluding tert-OH is 1. The molecule has 0 saturated heterocycles. The fourth-order valence-corrected chi connectivity index (χ4v) is 2.40. The molecule has 0 aliphatic rings. The van der Waals surface area contributed by atoms with Crippen molar-refractivity contribution in [3.05, 3.63) is 28.8 Å². The van der Waals surface area contributed by atoms with Gasteiger partial charge < -0.3 is 15.2 Å². The Labute approximate surface area is 117 Å². The smallest absolute Gasteiger partial charge is 0.125 e. The maximum Gasteiger partial charge on any atom is 0.125 e. The zero-order valence-corrected chi connectivity index (χ0v) is 12.8. The van der Waals surface area contributed by atoms with Crippen molar-refractivity contribution in [1.29, 1.82) is 0 Å². The van der Waals surface area contributed by atoms with E-state index < -0.39 is 0 Å². The molecule has 0 fully saturated rings. The molecule has 0 saturated carbocycles. The monoisotopic (exact) mass is 265 g/mol. The first kappa shape index (κ1) is 16.0. The van der Waals surface area contributed by atoms with E-state index in [1.54, 1.807) is 0 Å². The Bertz CT molecular complexity index is 379. The second-order valence-corrected chi connectivity index (χ2v) is 5.57. The summed E-state index contributed by atoms with van der Waals surface area (Å²) in [5.41, 5.74) is 3.61. The van der Waals surface area contributed by atoms with Crippen LogP contribution in [0.3, 0.4) is 0 Å². The van der Waals surface area contributed by atoms with E-state index in [2.05, 4.69) is 52.1 Å². The first-order valence-electron chi connectivity index (χ1n) is 7.01. The number of aliphatic hydroxyl groups is 1. The van der Waals surface area contributed by atoms with Crippen LogP contribution in [0.2, 0.25) is 0 Å². The van der Waals surface area contributed by atoms with Gasteiger partial charge in [-0.2, -0.15) is 0 Å². The molecule has 0 bridgehead atoms. The minimum absolute atomic E-state index is 0.103. The van der Waals surface area contributed by atoms with Gasteiger partial charge in [0.1, 0.15) is 5.75 Å². The van der Waals surface area contributed by atoms with Gasteiger partial charge >= 0.3 is 0 Å². The summed E-state index contributed by atoms with van der Waals surface area (Å²) in [6.45, 7) is 11.2. The first-order chi connectivity index (χ1) is 8.93. The van der Waals surface area contributed by atoms with Crippen LogP contribution in [0.15, 0.2) is 12.1 Å². The topological polar surface area (TPSA) is 41.5 Å². The lowest BCUT2D eigenvalue weighted by molar-refractivity contribution is 0.201. The zero-order chi connectivity index (χ0) is 14.4. The Morgan fingerprint density at radius 1 is 1.16 bits per heavy atom. The molecule has 0 radical (unpaired) electrons. The molecule has 0 amide bonds. The van der Waals surface area contributed by atoms with Gasteiger partial charge in [0.2, 0.25) is 0 Å². The summed E-state index contributed by atoms with van der Waals surface area (Å²) in [7, 11) is 0. The summed E-state index contributed by atoms with van der Waals surface area (Å²) < 4.78 is 5.89. The van der Waals surface area contributed by atoms with Gasteiger partial charge in [-0.3, -0.25) is 0 Å². The van der Waals surface area contributed by atoms with Crippen molar-refractivity contribution in [2.75, 3.05) is 13.2 Å². The summed E-state index contributed by atoms with van der Waals surface area (Å²) >= 11 is 0. The highest BCUT2D eigenvalue weighted by Crippen LogP contribution is 2.24. The summed E-state index contributed by atoms with van der Waals surface area (Å²) in [5.74, 6) is 0.979. The molecule has 0 aliphatic carbocycles. The lowest BCUT2D eigenvalue weighted by atomic mass is 10.1. The lowest BCUT2D eigenvalue weighted by Gasteiger charge is -2.20. The number of nitrogens with one attached hydrogen (secondary N) is 1. The van der Waals surface area contributed by atoms with Gasteiger partial charge in [-0.15, -0.1) is 0 Å². The molecule has 0 aromatic heterocycles. The summed E-state index contributed by atoms with van der Waals surface area (Å²) in [4.78, 5) is 0. The Balaban J connectivity index is 2.53. The molecule has 3 nitrogen and oxygen atoms in total. The van der Waals surface area contributed by atoms with Crippen LogP contribution in [-0.2, 0) is 0 Å². The molecule has 3 heteroatoms. The highest BCUT2D eigenvalue weighted by molar-refractivity contribution is 5.42. The quantitative estimate of drug-likeness (QED) is 0.796. The van der Waals surface area contributed by atoms with Crippen LogP contribution >= 0.6 is 0 Å². The van der Waals surface area contributed by atoms with Crippen LogP contribution in [0.25, 0.3) is 0 Å². The van der Waals surface area contributed by atoms with E-state index >= 15 is 0 Å². The van der Waals surface area contributed by atoms with E-state index in [-0.39, 0.29) is 12.6 Å². The van der Waals surface area contributed by atoms with Gasteiger partial charge in [0.05, 0.1) is 13.2 Å². The summed E-state index contributed by atoms with van der Waals surface area (Å²) in [5, 5.41) is 12.6. The van der Waals surface area contributed by atoms with Gasteiger partial charge in [-0.1, -0.05) is 31.5 Å². The maximum atomic E-state index is 9.30. The van der Waals surface area contributed by atoms with Crippen molar-refractivity contribution in [3.63, 3.8) is 0 Å². The Morgan fingerprint density at radius 2 is 1.74 bits per heavy atom. The molecule has 1 aromatic carbocycles. The van der Waals surface area contributed by atoms with Crippen molar-refractivity contribution < 1.29 is 9.84 Å². The van der Waals surface area contributed by atoms with Crippen molar-refractivity contribution >= 4 is 0 Å². The van der Waals surface area contributed by atoms with E-state index in [9.17, 15) is 5.11 Å². The minimum Gasteiger partial charge on any atom is -0.493 e. The van der Waals surface area contributed by atoms with Crippen molar-refractivity contribution in [2.24, 2.45) is 0 Å². The van der Waals surface area contributed by atoms with Crippen molar-refractivity contribution in [3.8, 4) is 5.75 Å². The highest BCUT2D eigenvalue weighted by Gasteiger charge is 2.10. The van der Waals surface area contributed by atoms with Crippen LogP contribution in [0.1, 0.15) is 37.0 Å². The molecule has 2 N–H and O–H groups in total. The molecule has 0 spiro atoms. The Morgan fingerprint density at radius 3 is 2.21 bits per heavy atom. The number of rotatable bonds is 7. The average molecular weight is 265 g/mol. The van der Waals surface area contributed by atoms with Crippen LogP contribution in [-0.4, -0.2) is 30.4 Å². The molecule has 0 aliphatic heterocycles. The van der Waals surface area contributed by atoms with Crippen molar-refractivity contribution in [1.82, 2.24) is 5.32 Å². The average Bonchev–Trinajstić information content (AvgIpc) is 2.30. The first-order valence-corrected chi connectivity index (χ1v) is 7.01. The van der Waals surface area contributed by atoms with Crippen LogP contribution in [0.4, 0.5) is 0 Å². The predicted molar refractivity (Wildman–Crippen MR) is 79.9 cm³/mol. The minimum atomic E-state index is 0.103. The Kier molecular flexibility index (Phi) is 6.32. The lowest BCUT2D eigenvalue weighted by Crippen LogP contribution is -2.38. The number of hydrogen-bond acceptors (Lipinski definition) is 3. The third-order valence-electron chi connectivity index (χ3n) is 3.11. The van der Waals surface area contributed by atoms with Crippen LogP contribution < -0.4 is 10.1 Å². The SMILES string of the molecule is Cc1cc(C)c(OCCC(CO)NC(C)C)c(C)c1. The van der Waals surface area contributed by atoms with Gasteiger partial charge in [0.15, 0.2) is 0 Å². The standard InChI is InChI=1S/C16H27NO2/c1-11(2)17-15(10-18)6-7-19-16-13(4)8-12(3)9-14(16)5/h8-9,11,15,17-18H,6-7,10H2,1-5H3. The third-order valence-corrected chi connectivity index (χ3v) is 3.11. The molecule has 108 valence electrons. The number of ether oxygens (including phenoxy) is 1. The zero-order valence-electron chi connectivity index (χ0n) is 12.8. The van der Waals surface area contributed by atoms with Crippen molar-refractivity contribution in [2.45, 2.75) is 53.1 Å². The summed E-state index contributed by atoms with van der Waals surface area (Å²) in [6.07, 6.45) is 0.807. The molecule has 0 heterocycles. The molecule has 1 unspecified atom stereocenters. The molecule has 1 rings (SSSR count). The van der Waals surface area contributed by atoms with Crippen LogP contribution in [0.5, 0.6) is 5.75 Å². The van der Waals surface area contributed by atoms with Gasteiger partial charge in [0.25, 0.3) is 0 Å². The second kappa shape index (κ2) is 7.51. The van der Waals surface area contributed by atoms with E-state index in [0.29, 0.717) is 12.6 Å². The summed E-state index contributed by atoms with van der Waals surface area (Å²) in [6, 6.07) is 4.75. The molecular weight excluding hydrogens is 238 g/mol. The molecule has 1 aromatic rings. The van der Waals surface area contributed by atoms with E-state index in [0.717, 1.165) is 12.2 Å². The molecule has 19 heavy (non-hydrogen) atoms. The van der Waals surface area contributed by atoms with Gasteiger partial charge in [0, 0.05) is 12.1 Å². The van der Waals surface area contributed by atoms with Gasteiger partial charge in [-0.05, 0) is 38.3 Å². The molecule has 1 atom stereocenters. The normalized spacial score (nSPS) is 12.8. The largest absolute Gasteiger partial charge is 0.493 e. The number of hydrogen-bond donors (Lipinski definition) is 2. The highest BCUT2D eigenvalue weighted by atomic mass is 16.5. The predicted octanol–water partition coefficient (Wildman–Crippen LogP) is 2.74.